The quantitative estimate of drug-likeness (QED) is 0.943. The maximum atomic E-state index is 12.4. The molecule has 0 bridgehead atoms. The van der Waals surface area contributed by atoms with Crippen LogP contribution in [0.2, 0.25) is 5.02 Å². The summed E-state index contributed by atoms with van der Waals surface area (Å²) in [6.07, 6.45) is 0. The Morgan fingerprint density at radius 3 is 3.00 bits per heavy atom. The first-order chi connectivity index (χ1) is 10.1. The maximum Gasteiger partial charge on any atom is 0.231 e. The van der Waals surface area contributed by atoms with E-state index in [1.165, 1.54) is 0 Å². The fourth-order valence-corrected chi connectivity index (χ4v) is 2.71. The van der Waals surface area contributed by atoms with Crippen molar-refractivity contribution >= 4 is 17.5 Å². The van der Waals surface area contributed by atoms with Gasteiger partial charge in [0.15, 0.2) is 0 Å². The van der Waals surface area contributed by atoms with E-state index in [-0.39, 0.29) is 11.8 Å². The molecule has 0 radical (unpaired) electrons. The molecule has 1 N–H and O–H groups in total. The van der Waals surface area contributed by atoms with Gasteiger partial charge in [0.25, 0.3) is 0 Å². The smallest absolute Gasteiger partial charge is 0.231 e. The molecule has 3 nitrogen and oxygen atoms in total. The number of ether oxygens (including phenoxy) is 1. The molecule has 4 heteroatoms. The van der Waals surface area contributed by atoms with Crippen LogP contribution >= 0.6 is 11.6 Å². The Labute approximate surface area is 128 Å². The van der Waals surface area contributed by atoms with E-state index < -0.39 is 0 Å². The van der Waals surface area contributed by atoms with Crippen LogP contribution in [-0.2, 0) is 11.3 Å². The van der Waals surface area contributed by atoms with Crippen molar-refractivity contribution in [2.75, 3.05) is 6.61 Å². The standard InChI is InChI=1S/C17H16ClNO2/c1-11-6-7-13(18)8-12(11)9-19-17(20)15-10-21-16-5-3-2-4-14(15)16/h2-8,15H,9-10H2,1H3,(H,19,20)/t15-/m1/s1. The van der Waals surface area contributed by atoms with Crippen molar-refractivity contribution in [3.63, 3.8) is 0 Å². The van der Waals surface area contributed by atoms with Crippen molar-refractivity contribution in [2.45, 2.75) is 19.4 Å². The van der Waals surface area contributed by atoms with Gasteiger partial charge in [-0.15, -0.1) is 0 Å². The van der Waals surface area contributed by atoms with Crippen LogP contribution < -0.4 is 10.1 Å². The summed E-state index contributed by atoms with van der Waals surface area (Å²) in [6, 6.07) is 13.4. The average Bonchev–Trinajstić information content (AvgIpc) is 2.92. The number of rotatable bonds is 3. The van der Waals surface area contributed by atoms with E-state index in [1.54, 1.807) is 0 Å². The summed E-state index contributed by atoms with van der Waals surface area (Å²) in [4.78, 5) is 12.4. The normalized spacial score (nSPS) is 16.2. The van der Waals surface area contributed by atoms with Crippen molar-refractivity contribution in [3.05, 3.63) is 64.2 Å². The Hall–Kier alpha value is -2.00. The highest BCUT2D eigenvalue weighted by molar-refractivity contribution is 6.30. The summed E-state index contributed by atoms with van der Waals surface area (Å²) in [7, 11) is 0. The summed E-state index contributed by atoms with van der Waals surface area (Å²) >= 11 is 5.99. The second-order valence-corrected chi connectivity index (χ2v) is 5.63. The van der Waals surface area contributed by atoms with Crippen LogP contribution in [-0.4, -0.2) is 12.5 Å². The van der Waals surface area contributed by atoms with Crippen LogP contribution in [0.4, 0.5) is 0 Å². The lowest BCUT2D eigenvalue weighted by atomic mass is 10.0. The lowest BCUT2D eigenvalue weighted by molar-refractivity contribution is -0.122. The largest absolute Gasteiger partial charge is 0.492 e. The summed E-state index contributed by atoms with van der Waals surface area (Å²) < 4.78 is 5.55. The average molecular weight is 302 g/mol. The number of hydrogen-bond donors (Lipinski definition) is 1. The number of amides is 1. The van der Waals surface area contributed by atoms with E-state index in [0.29, 0.717) is 18.2 Å². The van der Waals surface area contributed by atoms with Crippen molar-refractivity contribution in [3.8, 4) is 5.75 Å². The monoisotopic (exact) mass is 301 g/mol. The van der Waals surface area contributed by atoms with E-state index in [9.17, 15) is 4.79 Å². The second kappa shape index (κ2) is 5.78. The number of aryl methyl sites for hydroxylation is 1. The van der Waals surface area contributed by atoms with Gasteiger partial charge in [0.05, 0.1) is 0 Å². The molecular formula is C17H16ClNO2. The van der Waals surface area contributed by atoms with Crippen LogP contribution in [0.5, 0.6) is 5.75 Å². The minimum absolute atomic E-state index is 0.0145. The van der Waals surface area contributed by atoms with Gasteiger partial charge in [0.1, 0.15) is 18.3 Å². The molecule has 1 heterocycles. The van der Waals surface area contributed by atoms with Crippen LogP contribution in [0.15, 0.2) is 42.5 Å². The minimum atomic E-state index is -0.235. The first kappa shape index (κ1) is 14.0. The molecular weight excluding hydrogens is 286 g/mol. The lowest BCUT2D eigenvalue weighted by Gasteiger charge is -2.12. The summed E-state index contributed by atoms with van der Waals surface area (Å²) in [5.41, 5.74) is 3.10. The first-order valence-electron chi connectivity index (χ1n) is 6.89. The molecule has 2 aromatic carbocycles. The fourth-order valence-electron chi connectivity index (χ4n) is 2.52. The lowest BCUT2D eigenvalue weighted by Crippen LogP contribution is -2.30. The predicted octanol–water partition coefficient (Wildman–Crippen LogP) is 3.44. The van der Waals surface area contributed by atoms with Crippen LogP contribution in [0.3, 0.4) is 0 Å². The molecule has 0 aliphatic carbocycles. The zero-order valence-electron chi connectivity index (χ0n) is 11.7. The molecule has 21 heavy (non-hydrogen) atoms. The molecule has 3 rings (SSSR count). The van der Waals surface area contributed by atoms with E-state index >= 15 is 0 Å². The molecule has 0 saturated heterocycles. The van der Waals surface area contributed by atoms with Crippen molar-refractivity contribution in [2.24, 2.45) is 0 Å². The van der Waals surface area contributed by atoms with Crippen molar-refractivity contribution in [1.29, 1.82) is 0 Å². The molecule has 0 unspecified atom stereocenters. The van der Waals surface area contributed by atoms with Gasteiger partial charge in [-0.25, -0.2) is 0 Å². The molecule has 108 valence electrons. The Morgan fingerprint density at radius 2 is 2.14 bits per heavy atom. The van der Waals surface area contributed by atoms with Gasteiger partial charge in [-0.3, -0.25) is 4.79 Å². The Balaban J connectivity index is 1.69. The van der Waals surface area contributed by atoms with Gasteiger partial charge in [0, 0.05) is 17.1 Å². The first-order valence-corrected chi connectivity index (χ1v) is 7.27. The third-order valence-corrected chi connectivity index (χ3v) is 4.02. The van der Waals surface area contributed by atoms with Crippen LogP contribution in [0.1, 0.15) is 22.6 Å². The SMILES string of the molecule is Cc1ccc(Cl)cc1CNC(=O)[C@@H]1COc2ccccc21. The third kappa shape index (κ3) is 2.88. The molecule has 1 aliphatic heterocycles. The van der Waals surface area contributed by atoms with Crippen molar-refractivity contribution < 1.29 is 9.53 Å². The van der Waals surface area contributed by atoms with E-state index in [2.05, 4.69) is 5.32 Å². The molecule has 1 amide bonds. The molecule has 2 aromatic rings. The zero-order chi connectivity index (χ0) is 14.8. The molecule has 1 aliphatic rings. The topological polar surface area (TPSA) is 38.3 Å². The van der Waals surface area contributed by atoms with Gasteiger partial charge < -0.3 is 10.1 Å². The summed E-state index contributed by atoms with van der Waals surface area (Å²) in [5.74, 6) is 0.552. The van der Waals surface area contributed by atoms with Gasteiger partial charge in [0.2, 0.25) is 5.91 Å². The summed E-state index contributed by atoms with van der Waals surface area (Å²) in [6.45, 7) is 2.88. The Kier molecular flexibility index (Phi) is 3.84. The third-order valence-electron chi connectivity index (χ3n) is 3.78. The number of hydrogen-bond acceptors (Lipinski definition) is 2. The Morgan fingerprint density at radius 1 is 1.33 bits per heavy atom. The number of benzene rings is 2. The molecule has 0 fully saturated rings. The molecule has 0 spiro atoms. The van der Waals surface area contributed by atoms with Gasteiger partial charge in [-0.1, -0.05) is 35.9 Å². The molecule has 1 atom stereocenters. The number of halogens is 1. The van der Waals surface area contributed by atoms with E-state index in [0.717, 1.165) is 22.4 Å². The van der Waals surface area contributed by atoms with Crippen LogP contribution in [0, 0.1) is 6.92 Å². The predicted molar refractivity (Wildman–Crippen MR) is 82.7 cm³/mol. The molecule has 0 saturated carbocycles. The summed E-state index contributed by atoms with van der Waals surface area (Å²) in [5, 5.41) is 3.65. The second-order valence-electron chi connectivity index (χ2n) is 5.19. The zero-order valence-corrected chi connectivity index (χ0v) is 12.5. The number of nitrogens with one attached hydrogen (secondary N) is 1. The number of fused-ring (bicyclic) bond motifs is 1. The number of para-hydroxylation sites is 1. The van der Waals surface area contributed by atoms with Gasteiger partial charge >= 0.3 is 0 Å². The van der Waals surface area contributed by atoms with Gasteiger partial charge in [-0.2, -0.15) is 0 Å². The highest BCUT2D eigenvalue weighted by Crippen LogP contribution is 2.33. The minimum Gasteiger partial charge on any atom is -0.492 e. The van der Waals surface area contributed by atoms with Gasteiger partial charge in [-0.05, 0) is 36.2 Å². The molecule has 0 aromatic heterocycles. The van der Waals surface area contributed by atoms with E-state index in [1.807, 2.05) is 49.4 Å². The Bertz CT molecular complexity index is 684. The highest BCUT2D eigenvalue weighted by Gasteiger charge is 2.29. The van der Waals surface area contributed by atoms with E-state index in [4.69, 9.17) is 16.3 Å². The maximum absolute atomic E-state index is 12.4. The highest BCUT2D eigenvalue weighted by atomic mass is 35.5. The fraction of sp³-hybridized carbons (Fsp3) is 0.235. The number of carbonyl (C=O) groups is 1. The number of carbonyl (C=O) groups excluding carboxylic acids is 1. The van der Waals surface area contributed by atoms with Crippen LogP contribution in [0.25, 0.3) is 0 Å². The van der Waals surface area contributed by atoms with Crippen molar-refractivity contribution in [1.82, 2.24) is 5.32 Å².